The predicted molar refractivity (Wildman–Crippen MR) is 86.1 cm³/mol. The Balaban J connectivity index is 2.19. The van der Waals surface area contributed by atoms with E-state index in [4.69, 9.17) is 5.26 Å². The van der Waals surface area contributed by atoms with Crippen LogP contribution in [0.3, 0.4) is 0 Å². The van der Waals surface area contributed by atoms with Gasteiger partial charge < -0.3 is 5.32 Å². The van der Waals surface area contributed by atoms with Crippen molar-refractivity contribution in [2.24, 2.45) is 0 Å². The summed E-state index contributed by atoms with van der Waals surface area (Å²) in [4.78, 5) is 4.62. The van der Waals surface area contributed by atoms with Crippen molar-refractivity contribution in [3.8, 4) is 17.3 Å². The Hall–Kier alpha value is -2.86. The van der Waals surface area contributed by atoms with Gasteiger partial charge in [-0.05, 0) is 29.8 Å². The molecule has 3 aromatic rings. The lowest BCUT2D eigenvalue weighted by molar-refractivity contribution is 1.15. The van der Waals surface area contributed by atoms with Crippen molar-refractivity contribution in [3.05, 3.63) is 60.2 Å². The van der Waals surface area contributed by atoms with Crippen molar-refractivity contribution in [2.45, 2.75) is 6.92 Å². The molecule has 0 unspecified atom stereocenters. The zero-order chi connectivity index (χ0) is 14.7. The molecule has 0 bridgehead atoms. The van der Waals surface area contributed by atoms with E-state index in [-0.39, 0.29) is 0 Å². The molecule has 1 heterocycles. The number of nitriles is 1. The Morgan fingerprint density at radius 1 is 1.05 bits per heavy atom. The summed E-state index contributed by atoms with van der Waals surface area (Å²) in [7, 11) is 0. The first-order valence-corrected chi connectivity index (χ1v) is 6.96. The molecule has 0 saturated heterocycles. The van der Waals surface area contributed by atoms with Gasteiger partial charge in [-0.2, -0.15) is 5.26 Å². The molecule has 0 aliphatic heterocycles. The van der Waals surface area contributed by atoms with Crippen LogP contribution in [0.15, 0.2) is 54.6 Å². The maximum atomic E-state index is 9.15. The van der Waals surface area contributed by atoms with Gasteiger partial charge in [0.15, 0.2) is 0 Å². The molecule has 0 spiro atoms. The molecule has 0 saturated carbocycles. The molecule has 3 nitrogen and oxygen atoms in total. The molecule has 0 radical (unpaired) electrons. The summed E-state index contributed by atoms with van der Waals surface area (Å²) >= 11 is 0. The van der Waals surface area contributed by atoms with Crippen LogP contribution in [0.5, 0.6) is 0 Å². The second-order valence-electron chi connectivity index (χ2n) is 4.76. The molecular weight excluding hydrogens is 258 g/mol. The van der Waals surface area contributed by atoms with Gasteiger partial charge in [0.2, 0.25) is 0 Å². The lowest BCUT2D eigenvalue weighted by atomic mass is 10.0. The van der Waals surface area contributed by atoms with Crippen LogP contribution in [0, 0.1) is 11.3 Å². The van der Waals surface area contributed by atoms with Gasteiger partial charge in [-0.15, -0.1) is 0 Å². The second-order valence-corrected chi connectivity index (χ2v) is 4.76. The smallest absolute Gasteiger partial charge is 0.144 e. The number of nitrogens with zero attached hydrogens (tertiary/aromatic N) is 2. The molecule has 3 rings (SSSR count). The van der Waals surface area contributed by atoms with Crippen LogP contribution in [0.25, 0.3) is 22.0 Å². The van der Waals surface area contributed by atoms with Crippen LogP contribution in [-0.4, -0.2) is 11.5 Å². The Labute approximate surface area is 123 Å². The van der Waals surface area contributed by atoms with Gasteiger partial charge in [-0.1, -0.05) is 42.5 Å². The molecular formula is C18H15N3. The molecule has 0 amide bonds. The molecule has 3 heteroatoms. The number of rotatable bonds is 3. The first-order chi connectivity index (χ1) is 10.3. The molecule has 1 aromatic heterocycles. The largest absolute Gasteiger partial charge is 0.369 e. The van der Waals surface area contributed by atoms with Crippen molar-refractivity contribution in [1.82, 2.24) is 4.98 Å². The van der Waals surface area contributed by atoms with Crippen LogP contribution < -0.4 is 5.32 Å². The quantitative estimate of drug-likeness (QED) is 0.777. The average Bonchev–Trinajstić information content (AvgIpc) is 2.54. The van der Waals surface area contributed by atoms with Crippen molar-refractivity contribution in [1.29, 1.82) is 5.26 Å². The first kappa shape index (κ1) is 13.1. The number of aromatic nitrogens is 1. The van der Waals surface area contributed by atoms with E-state index in [0.717, 1.165) is 17.8 Å². The Morgan fingerprint density at radius 2 is 1.86 bits per heavy atom. The SMILES string of the molecule is CCNc1nc(-c2cccc3ccccc23)ccc1C#N. The van der Waals surface area contributed by atoms with Gasteiger partial charge in [0, 0.05) is 12.1 Å². The Kier molecular flexibility index (Phi) is 3.53. The third-order valence-electron chi connectivity index (χ3n) is 3.43. The summed E-state index contributed by atoms with van der Waals surface area (Å²) in [6, 6.07) is 20.3. The maximum Gasteiger partial charge on any atom is 0.144 e. The average molecular weight is 273 g/mol. The van der Waals surface area contributed by atoms with Gasteiger partial charge in [-0.3, -0.25) is 0 Å². The topological polar surface area (TPSA) is 48.7 Å². The van der Waals surface area contributed by atoms with E-state index in [1.807, 2.05) is 37.3 Å². The zero-order valence-electron chi connectivity index (χ0n) is 11.8. The number of fused-ring (bicyclic) bond motifs is 1. The summed E-state index contributed by atoms with van der Waals surface area (Å²) in [6.07, 6.45) is 0. The van der Waals surface area contributed by atoms with Crippen LogP contribution >= 0.6 is 0 Å². The minimum absolute atomic E-state index is 0.570. The van der Waals surface area contributed by atoms with Crippen LogP contribution in [0.4, 0.5) is 5.82 Å². The molecule has 0 aliphatic rings. The molecule has 2 aromatic carbocycles. The van der Waals surface area contributed by atoms with E-state index in [0.29, 0.717) is 11.4 Å². The van der Waals surface area contributed by atoms with Crippen LogP contribution in [0.1, 0.15) is 12.5 Å². The highest BCUT2D eigenvalue weighted by molar-refractivity contribution is 5.96. The third-order valence-corrected chi connectivity index (χ3v) is 3.43. The number of anilines is 1. The van der Waals surface area contributed by atoms with Gasteiger partial charge in [0.1, 0.15) is 11.9 Å². The third kappa shape index (κ3) is 2.44. The van der Waals surface area contributed by atoms with Crippen LogP contribution in [-0.2, 0) is 0 Å². The highest BCUT2D eigenvalue weighted by atomic mass is 15.0. The lowest BCUT2D eigenvalue weighted by Gasteiger charge is -2.10. The minimum Gasteiger partial charge on any atom is -0.369 e. The maximum absolute atomic E-state index is 9.15. The molecule has 0 fully saturated rings. The zero-order valence-corrected chi connectivity index (χ0v) is 11.8. The fraction of sp³-hybridized carbons (Fsp3) is 0.111. The molecule has 1 N–H and O–H groups in total. The number of pyridine rings is 1. The predicted octanol–water partition coefficient (Wildman–Crippen LogP) is 4.21. The lowest BCUT2D eigenvalue weighted by Crippen LogP contribution is -2.02. The monoisotopic (exact) mass is 273 g/mol. The molecule has 102 valence electrons. The van der Waals surface area contributed by atoms with Gasteiger partial charge in [0.05, 0.1) is 11.3 Å². The highest BCUT2D eigenvalue weighted by Crippen LogP contribution is 2.28. The fourth-order valence-corrected chi connectivity index (χ4v) is 2.45. The van der Waals surface area contributed by atoms with Gasteiger partial charge >= 0.3 is 0 Å². The Morgan fingerprint density at radius 3 is 2.67 bits per heavy atom. The van der Waals surface area contributed by atoms with Crippen molar-refractivity contribution in [3.63, 3.8) is 0 Å². The normalized spacial score (nSPS) is 10.3. The van der Waals surface area contributed by atoms with E-state index >= 15 is 0 Å². The molecule has 0 aliphatic carbocycles. The van der Waals surface area contributed by atoms with Gasteiger partial charge in [-0.25, -0.2) is 4.98 Å². The standard InChI is InChI=1S/C18H15N3/c1-2-20-18-14(12-19)10-11-17(21-18)16-9-5-7-13-6-3-4-8-15(13)16/h3-11H,2H2,1H3,(H,20,21). The number of nitrogens with one attached hydrogen (secondary N) is 1. The molecule has 0 atom stereocenters. The number of hydrogen-bond donors (Lipinski definition) is 1. The first-order valence-electron chi connectivity index (χ1n) is 6.96. The number of benzene rings is 2. The molecule has 21 heavy (non-hydrogen) atoms. The van der Waals surface area contributed by atoms with Crippen molar-refractivity contribution >= 4 is 16.6 Å². The summed E-state index contributed by atoms with van der Waals surface area (Å²) in [5.74, 6) is 0.644. The number of hydrogen-bond acceptors (Lipinski definition) is 3. The van der Waals surface area contributed by atoms with E-state index in [2.05, 4.69) is 40.6 Å². The van der Waals surface area contributed by atoms with E-state index in [1.165, 1.54) is 10.8 Å². The van der Waals surface area contributed by atoms with Gasteiger partial charge in [0.25, 0.3) is 0 Å². The van der Waals surface area contributed by atoms with Crippen molar-refractivity contribution in [2.75, 3.05) is 11.9 Å². The van der Waals surface area contributed by atoms with E-state index in [1.54, 1.807) is 0 Å². The minimum atomic E-state index is 0.570. The summed E-state index contributed by atoms with van der Waals surface area (Å²) in [5.41, 5.74) is 2.53. The fourth-order valence-electron chi connectivity index (χ4n) is 2.45. The van der Waals surface area contributed by atoms with Crippen molar-refractivity contribution < 1.29 is 0 Å². The Bertz CT molecular complexity index is 826. The van der Waals surface area contributed by atoms with Crippen LogP contribution in [0.2, 0.25) is 0 Å². The summed E-state index contributed by atoms with van der Waals surface area (Å²) < 4.78 is 0. The summed E-state index contributed by atoms with van der Waals surface area (Å²) in [5, 5.41) is 14.7. The van der Waals surface area contributed by atoms with E-state index in [9.17, 15) is 0 Å². The summed E-state index contributed by atoms with van der Waals surface area (Å²) in [6.45, 7) is 2.73. The highest BCUT2D eigenvalue weighted by Gasteiger charge is 2.08. The van der Waals surface area contributed by atoms with E-state index < -0.39 is 0 Å². The second kappa shape index (κ2) is 5.64.